The van der Waals surface area contributed by atoms with E-state index in [1.807, 2.05) is 25.1 Å². The third-order valence-corrected chi connectivity index (χ3v) is 6.52. The van der Waals surface area contributed by atoms with Gasteiger partial charge in [0.15, 0.2) is 0 Å². The molecule has 9 heteroatoms. The zero-order chi connectivity index (χ0) is 22.8. The molecule has 0 bridgehead atoms. The summed E-state index contributed by atoms with van der Waals surface area (Å²) in [6, 6.07) is 8.14. The molecule has 1 fully saturated rings. The Morgan fingerprint density at radius 3 is 2.75 bits per heavy atom. The highest BCUT2D eigenvalue weighted by molar-refractivity contribution is 6.30. The Balaban J connectivity index is 1.55. The van der Waals surface area contributed by atoms with Crippen LogP contribution in [0.4, 0.5) is 10.2 Å². The normalized spacial score (nSPS) is 20.9. The van der Waals surface area contributed by atoms with Crippen molar-refractivity contribution in [3.8, 4) is 18.0 Å². The number of fused-ring (bicyclic) bond motifs is 1. The monoisotopic (exact) mass is 454 g/mol. The first kappa shape index (κ1) is 22.3. The number of hydrogen-bond acceptors (Lipinski definition) is 7. The maximum Gasteiger partial charge on any atom is 0.213 e. The van der Waals surface area contributed by atoms with E-state index in [1.165, 1.54) is 0 Å². The van der Waals surface area contributed by atoms with Gasteiger partial charge >= 0.3 is 0 Å². The van der Waals surface area contributed by atoms with Crippen LogP contribution >= 0.6 is 11.6 Å². The topological polar surface area (TPSA) is 97.9 Å². The highest BCUT2D eigenvalue weighted by Crippen LogP contribution is 2.36. The van der Waals surface area contributed by atoms with Crippen molar-refractivity contribution < 1.29 is 9.13 Å². The molecule has 0 saturated heterocycles. The number of nitrogens with one attached hydrogen (secondary N) is 1. The Kier molecular flexibility index (Phi) is 6.45. The van der Waals surface area contributed by atoms with Gasteiger partial charge in [0.25, 0.3) is 0 Å². The predicted molar refractivity (Wildman–Crippen MR) is 118 cm³/mol. The van der Waals surface area contributed by atoms with Gasteiger partial charge in [0.05, 0.1) is 11.6 Å². The van der Waals surface area contributed by atoms with Crippen LogP contribution < -0.4 is 10.1 Å². The van der Waals surface area contributed by atoms with E-state index in [-0.39, 0.29) is 23.8 Å². The van der Waals surface area contributed by atoms with Crippen LogP contribution in [0.3, 0.4) is 0 Å². The zero-order valence-electron chi connectivity index (χ0n) is 18.0. The number of rotatable bonds is 6. The fraction of sp³-hybridized carbons (Fsp3) is 0.478. The van der Waals surface area contributed by atoms with Crippen molar-refractivity contribution in [2.75, 3.05) is 18.4 Å². The molecule has 1 unspecified atom stereocenters. The Labute approximate surface area is 191 Å². The quantitative estimate of drug-likeness (QED) is 0.514. The lowest BCUT2D eigenvalue weighted by molar-refractivity contribution is 0.0376. The number of alkyl halides is 1. The van der Waals surface area contributed by atoms with E-state index in [4.69, 9.17) is 21.6 Å². The number of pyridine rings is 2. The molecule has 0 amide bonds. The van der Waals surface area contributed by atoms with Crippen molar-refractivity contribution in [3.63, 3.8) is 0 Å². The number of ether oxygens (including phenoxy) is 1. The van der Waals surface area contributed by atoms with Gasteiger partial charge in [-0.05, 0) is 31.4 Å². The number of aryl methyl sites for hydroxylation is 1. The van der Waals surface area contributed by atoms with Gasteiger partial charge < -0.3 is 10.1 Å². The van der Waals surface area contributed by atoms with Crippen molar-refractivity contribution in [1.82, 2.24) is 14.9 Å². The highest BCUT2D eigenvalue weighted by Gasteiger charge is 2.32. The third kappa shape index (κ3) is 4.34. The van der Waals surface area contributed by atoms with Crippen LogP contribution in [0.5, 0.6) is 5.88 Å². The minimum absolute atomic E-state index is 0.0534. The molecule has 166 valence electrons. The van der Waals surface area contributed by atoms with E-state index >= 15 is 0 Å². The maximum atomic E-state index is 13.0. The molecule has 2 aromatic rings. The zero-order valence-corrected chi connectivity index (χ0v) is 18.8. The van der Waals surface area contributed by atoms with Crippen molar-refractivity contribution in [2.24, 2.45) is 0 Å². The predicted octanol–water partition coefficient (Wildman–Crippen LogP) is 4.24. The average Bonchev–Trinajstić information content (AvgIpc) is 2.75. The third-order valence-electron chi connectivity index (χ3n) is 6.25. The van der Waals surface area contributed by atoms with E-state index in [0.717, 1.165) is 28.9 Å². The first-order valence-electron chi connectivity index (χ1n) is 10.7. The number of halogens is 2. The number of hydrogen-bond donors (Lipinski definition) is 1. The van der Waals surface area contributed by atoms with Gasteiger partial charge in [-0.2, -0.15) is 10.5 Å². The minimum Gasteiger partial charge on any atom is -0.474 e. The van der Waals surface area contributed by atoms with Crippen molar-refractivity contribution in [3.05, 3.63) is 45.2 Å². The van der Waals surface area contributed by atoms with Gasteiger partial charge in [0.2, 0.25) is 5.88 Å². The summed E-state index contributed by atoms with van der Waals surface area (Å²) in [5.74, 6) is 1.10. The van der Waals surface area contributed by atoms with E-state index in [9.17, 15) is 9.65 Å². The molecule has 7 nitrogen and oxygen atoms in total. The van der Waals surface area contributed by atoms with Crippen LogP contribution in [0.15, 0.2) is 12.1 Å². The lowest BCUT2D eigenvalue weighted by atomic mass is 9.93. The largest absolute Gasteiger partial charge is 0.474 e. The molecule has 1 aliphatic heterocycles. The first-order valence-corrected chi connectivity index (χ1v) is 11.0. The lowest BCUT2D eigenvalue weighted by Gasteiger charge is -2.35. The maximum absolute atomic E-state index is 13.0. The number of anilines is 1. The molecule has 2 aliphatic rings. The summed E-state index contributed by atoms with van der Waals surface area (Å²) in [7, 11) is 0. The summed E-state index contributed by atoms with van der Waals surface area (Å²) in [6.07, 6.45) is 0.683. The van der Waals surface area contributed by atoms with E-state index in [1.54, 1.807) is 0 Å². The van der Waals surface area contributed by atoms with Crippen molar-refractivity contribution >= 4 is 17.4 Å². The molecule has 0 spiro atoms. The highest BCUT2D eigenvalue weighted by atomic mass is 35.5. The van der Waals surface area contributed by atoms with Crippen LogP contribution in [0.1, 0.15) is 53.8 Å². The van der Waals surface area contributed by atoms with Gasteiger partial charge in [-0.3, -0.25) is 4.90 Å². The Hall–Kier alpha value is -2.94. The van der Waals surface area contributed by atoms with E-state index < -0.39 is 6.17 Å². The molecule has 1 aliphatic carbocycles. The number of nitriles is 2. The van der Waals surface area contributed by atoms with Gasteiger partial charge in [-0.25, -0.2) is 14.4 Å². The summed E-state index contributed by atoms with van der Waals surface area (Å²) < 4.78 is 18.8. The Morgan fingerprint density at radius 1 is 1.31 bits per heavy atom. The number of nitrogens with zero attached hydrogens (tertiary/aromatic N) is 5. The Bertz CT molecular complexity index is 1110. The summed E-state index contributed by atoms with van der Waals surface area (Å²) in [4.78, 5) is 11.2. The smallest absolute Gasteiger partial charge is 0.213 e. The van der Waals surface area contributed by atoms with E-state index in [2.05, 4.69) is 33.2 Å². The summed E-state index contributed by atoms with van der Waals surface area (Å²) in [5.41, 5.74) is 4.10. The second-order valence-corrected chi connectivity index (χ2v) is 8.59. The molecule has 4 rings (SSSR count). The van der Waals surface area contributed by atoms with Gasteiger partial charge in [0.1, 0.15) is 35.9 Å². The van der Waals surface area contributed by atoms with Crippen molar-refractivity contribution in [1.29, 1.82) is 10.5 Å². The molecule has 3 heterocycles. The van der Waals surface area contributed by atoms with Crippen molar-refractivity contribution in [2.45, 2.75) is 58.0 Å². The SMILES string of the molecule is Cc1nc(O[C@H]2C[C@@H](F)C2)ccc1C(C)N1CCc2c(NCC#N)nc(Cl)c(C#N)c2C1. The standard InChI is InChI=1S/C23H24ClFN6O/c1-13-17(3-4-21(29-13)32-16-9-15(25)10-16)14(2)31-8-5-18-20(12-31)19(11-27)22(24)30-23(18)28-7-6-26/h3-4,14-16H,5,7-10,12H2,1-2H3,(H,28,30)/t14?,15-,16+. The molecule has 32 heavy (non-hydrogen) atoms. The van der Waals surface area contributed by atoms with Crippen LogP contribution in [-0.4, -0.2) is 40.2 Å². The molecule has 1 N–H and O–H groups in total. The lowest BCUT2D eigenvalue weighted by Crippen LogP contribution is -2.35. The Morgan fingerprint density at radius 2 is 2.09 bits per heavy atom. The van der Waals surface area contributed by atoms with Gasteiger partial charge in [0, 0.05) is 49.3 Å². The second-order valence-electron chi connectivity index (χ2n) is 8.24. The summed E-state index contributed by atoms with van der Waals surface area (Å²) in [5, 5.41) is 21.7. The molecule has 0 radical (unpaired) electrons. The number of aromatic nitrogens is 2. The molecular formula is C23H24ClFN6O. The first-order chi connectivity index (χ1) is 15.4. The van der Waals surface area contributed by atoms with Gasteiger partial charge in [-0.15, -0.1) is 0 Å². The summed E-state index contributed by atoms with van der Waals surface area (Å²) >= 11 is 6.28. The second kappa shape index (κ2) is 9.28. The summed E-state index contributed by atoms with van der Waals surface area (Å²) in [6.45, 7) is 5.48. The molecule has 1 atom stereocenters. The van der Waals surface area contributed by atoms with Crippen LogP contribution in [0.25, 0.3) is 0 Å². The van der Waals surface area contributed by atoms with E-state index in [0.29, 0.717) is 43.1 Å². The fourth-order valence-electron chi connectivity index (χ4n) is 4.36. The van der Waals surface area contributed by atoms with Crippen LogP contribution in [0.2, 0.25) is 5.15 Å². The van der Waals surface area contributed by atoms with Gasteiger partial charge in [-0.1, -0.05) is 17.7 Å². The fourth-order valence-corrected chi connectivity index (χ4v) is 4.60. The molecule has 0 aromatic carbocycles. The van der Waals surface area contributed by atoms with Crippen LogP contribution in [-0.2, 0) is 13.0 Å². The molecule has 1 saturated carbocycles. The average molecular weight is 455 g/mol. The molecule has 2 aromatic heterocycles. The van der Waals surface area contributed by atoms with Crippen LogP contribution in [0, 0.1) is 29.6 Å². The molecular weight excluding hydrogens is 431 g/mol. The minimum atomic E-state index is -0.764.